The predicted molar refractivity (Wildman–Crippen MR) is 212 cm³/mol. The third-order valence-electron chi connectivity index (χ3n) is 10.0. The van der Waals surface area contributed by atoms with Gasteiger partial charge in [-0.3, -0.25) is 0 Å². The van der Waals surface area contributed by atoms with Crippen LogP contribution in [-0.4, -0.2) is 0 Å². The maximum Gasteiger partial charge on any atom is 0.143 e. The molecule has 1 heterocycles. The highest BCUT2D eigenvalue weighted by atomic mass is 16.3. The van der Waals surface area contributed by atoms with Gasteiger partial charge in [-0.2, -0.15) is 0 Å². The lowest BCUT2D eigenvalue weighted by atomic mass is 9.97. The lowest BCUT2D eigenvalue weighted by Crippen LogP contribution is -2.10. The van der Waals surface area contributed by atoms with Gasteiger partial charge in [-0.15, -0.1) is 0 Å². The van der Waals surface area contributed by atoms with Crippen LogP contribution in [0.3, 0.4) is 0 Å². The summed E-state index contributed by atoms with van der Waals surface area (Å²) in [5.41, 5.74) is 9.80. The summed E-state index contributed by atoms with van der Waals surface area (Å²) in [5.74, 6) is 0. The first-order valence-corrected chi connectivity index (χ1v) is 17.1. The molecule has 0 aliphatic heterocycles. The number of furan rings is 1. The van der Waals surface area contributed by atoms with E-state index in [1.165, 1.54) is 49.2 Å². The molecule has 0 N–H and O–H groups in total. The molecular formula is C48H31NO. The van der Waals surface area contributed by atoms with Gasteiger partial charge in [0, 0.05) is 22.1 Å². The van der Waals surface area contributed by atoms with E-state index in [2.05, 4.69) is 193 Å². The first kappa shape index (κ1) is 28.4. The zero-order valence-corrected chi connectivity index (χ0v) is 27.3. The van der Waals surface area contributed by atoms with Crippen LogP contribution >= 0.6 is 0 Å². The minimum Gasteiger partial charge on any atom is -0.455 e. The third kappa shape index (κ3) is 4.65. The molecule has 2 heteroatoms. The quantitative estimate of drug-likeness (QED) is 0.187. The molecule has 2 nitrogen and oxygen atoms in total. The Morgan fingerprint density at radius 2 is 1.02 bits per heavy atom. The van der Waals surface area contributed by atoms with Gasteiger partial charge in [0.05, 0.1) is 11.1 Å². The van der Waals surface area contributed by atoms with E-state index in [0.717, 1.165) is 44.4 Å². The molecule has 0 aliphatic rings. The van der Waals surface area contributed by atoms with Gasteiger partial charge in [-0.05, 0) is 97.7 Å². The first-order chi connectivity index (χ1) is 24.8. The SMILES string of the molecule is c1cc(-c2cccc3ccccc23)cc(N(c2ccc(-c3ccc4ccccc4c3)cc2)c2cccc3oc4c5ccccc5ccc4c23)c1. The minimum absolute atomic E-state index is 0.872. The Kier molecular flexibility index (Phi) is 6.53. The van der Waals surface area contributed by atoms with Crippen molar-refractivity contribution in [1.82, 2.24) is 0 Å². The molecule has 0 fully saturated rings. The number of anilines is 3. The molecule has 0 atom stereocenters. The molecule has 0 bridgehead atoms. The van der Waals surface area contributed by atoms with Crippen LogP contribution in [0.2, 0.25) is 0 Å². The van der Waals surface area contributed by atoms with Crippen LogP contribution in [0.15, 0.2) is 192 Å². The van der Waals surface area contributed by atoms with Gasteiger partial charge in [0.15, 0.2) is 0 Å². The molecule has 10 rings (SSSR count). The highest BCUT2D eigenvalue weighted by Crippen LogP contribution is 2.45. The largest absolute Gasteiger partial charge is 0.455 e. The highest BCUT2D eigenvalue weighted by molar-refractivity contribution is 6.19. The fourth-order valence-electron chi connectivity index (χ4n) is 7.61. The first-order valence-electron chi connectivity index (χ1n) is 17.1. The lowest BCUT2D eigenvalue weighted by molar-refractivity contribution is 0.672. The second-order valence-corrected chi connectivity index (χ2v) is 12.9. The predicted octanol–water partition coefficient (Wildman–Crippen LogP) is 13.8. The summed E-state index contributed by atoms with van der Waals surface area (Å²) in [5, 5.41) is 9.47. The smallest absolute Gasteiger partial charge is 0.143 e. The number of hydrogen-bond acceptors (Lipinski definition) is 2. The number of rotatable bonds is 5. The monoisotopic (exact) mass is 637 g/mol. The molecule has 1 aromatic heterocycles. The fourth-order valence-corrected chi connectivity index (χ4v) is 7.61. The van der Waals surface area contributed by atoms with Crippen LogP contribution in [0, 0.1) is 0 Å². The third-order valence-corrected chi connectivity index (χ3v) is 10.0. The van der Waals surface area contributed by atoms with Gasteiger partial charge in [0.1, 0.15) is 11.2 Å². The van der Waals surface area contributed by atoms with E-state index >= 15 is 0 Å². The Hall–Kier alpha value is -6.64. The van der Waals surface area contributed by atoms with E-state index in [9.17, 15) is 0 Å². The van der Waals surface area contributed by atoms with Crippen molar-refractivity contribution in [3.05, 3.63) is 188 Å². The summed E-state index contributed by atoms with van der Waals surface area (Å²) >= 11 is 0. The Labute approximate surface area is 290 Å². The molecule has 0 aliphatic carbocycles. The Morgan fingerprint density at radius 3 is 1.88 bits per heavy atom. The minimum atomic E-state index is 0.872. The summed E-state index contributed by atoms with van der Waals surface area (Å²) in [7, 11) is 0. The van der Waals surface area contributed by atoms with Crippen molar-refractivity contribution in [2.45, 2.75) is 0 Å². The molecule has 0 amide bonds. The normalized spacial score (nSPS) is 11.6. The van der Waals surface area contributed by atoms with Crippen molar-refractivity contribution < 1.29 is 4.42 Å². The van der Waals surface area contributed by atoms with E-state index in [4.69, 9.17) is 4.42 Å². The average Bonchev–Trinajstić information content (AvgIpc) is 3.58. The Balaban J connectivity index is 1.18. The second kappa shape index (κ2) is 11.5. The molecule has 9 aromatic carbocycles. The summed E-state index contributed by atoms with van der Waals surface area (Å²) in [6.07, 6.45) is 0. The fraction of sp³-hybridized carbons (Fsp3) is 0. The van der Waals surface area contributed by atoms with E-state index < -0.39 is 0 Å². The van der Waals surface area contributed by atoms with Crippen molar-refractivity contribution in [1.29, 1.82) is 0 Å². The topological polar surface area (TPSA) is 16.4 Å². The van der Waals surface area contributed by atoms with Crippen LogP contribution in [-0.2, 0) is 0 Å². The van der Waals surface area contributed by atoms with Crippen LogP contribution in [0.4, 0.5) is 17.1 Å². The molecule has 50 heavy (non-hydrogen) atoms. The molecule has 0 radical (unpaired) electrons. The summed E-state index contributed by atoms with van der Waals surface area (Å²) < 4.78 is 6.65. The molecule has 0 saturated carbocycles. The van der Waals surface area contributed by atoms with Crippen LogP contribution < -0.4 is 4.90 Å². The molecule has 10 aromatic rings. The highest BCUT2D eigenvalue weighted by Gasteiger charge is 2.21. The van der Waals surface area contributed by atoms with Crippen molar-refractivity contribution in [2.24, 2.45) is 0 Å². The molecule has 0 spiro atoms. The van der Waals surface area contributed by atoms with E-state index in [-0.39, 0.29) is 0 Å². The van der Waals surface area contributed by atoms with Crippen molar-refractivity contribution in [3.63, 3.8) is 0 Å². The molecular weight excluding hydrogens is 607 g/mol. The summed E-state index contributed by atoms with van der Waals surface area (Å²) in [6.45, 7) is 0. The number of hydrogen-bond donors (Lipinski definition) is 0. The van der Waals surface area contributed by atoms with Crippen LogP contribution in [0.1, 0.15) is 0 Å². The van der Waals surface area contributed by atoms with Crippen molar-refractivity contribution in [2.75, 3.05) is 4.90 Å². The number of fused-ring (bicyclic) bond motifs is 7. The molecule has 0 unspecified atom stereocenters. The van der Waals surface area contributed by atoms with Gasteiger partial charge >= 0.3 is 0 Å². The van der Waals surface area contributed by atoms with Crippen molar-refractivity contribution >= 4 is 71.3 Å². The standard InChI is InChI=1S/C48H31NO/c1-2-13-36-30-37(23-22-32(36)10-1)33-24-27-39(28-25-33)49(40-16-7-15-38(31-40)42-19-8-14-34-11-3-5-17-41(34)42)45-20-9-21-46-47(45)44-29-26-35-12-4-6-18-43(35)48(44)50-46/h1-31H. The number of benzene rings is 9. The van der Waals surface area contributed by atoms with Crippen LogP contribution in [0.5, 0.6) is 0 Å². The average molecular weight is 638 g/mol. The maximum absolute atomic E-state index is 6.65. The molecule has 234 valence electrons. The van der Waals surface area contributed by atoms with Crippen molar-refractivity contribution in [3.8, 4) is 22.3 Å². The Bertz CT molecular complexity index is 2870. The number of nitrogens with zero attached hydrogens (tertiary/aromatic N) is 1. The zero-order valence-electron chi connectivity index (χ0n) is 27.3. The van der Waals surface area contributed by atoms with Gasteiger partial charge in [-0.1, -0.05) is 140 Å². The van der Waals surface area contributed by atoms with Gasteiger partial charge in [0.2, 0.25) is 0 Å². The van der Waals surface area contributed by atoms with Crippen LogP contribution in [0.25, 0.3) is 76.5 Å². The molecule has 0 saturated heterocycles. The van der Waals surface area contributed by atoms with E-state index in [0.29, 0.717) is 0 Å². The zero-order chi connectivity index (χ0) is 33.0. The van der Waals surface area contributed by atoms with E-state index in [1.807, 2.05) is 0 Å². The lowest BCUT2D eigenvalue weighted by Gasteiger charge is -2.27. The van der Waals surface area contributed by atoms with Gasteiger partial charge in [-0.25, -0.2) is 0 Å². The Morgan fingerprint density at radius 1 is 0.360 bits per heavy atom. The van der Waals surface area contributed by atoms with Gasteiger partial charge in [0.25, 0.3) is 0 Å². The maximum atomic E-state index is 6.65. The summed E-state index contributed by atoms with van der Waals surface area (Å²) in [6, 6.07) is 67.5. The van der Waals surface area contributed by atoms with E-state index in [1.54, 1.807) is 0 Å². The van der Waals surface area contributed by atoms with Gasteiger partial charge < -0.3 is 9.32 Å². The second-order valence-electron chi connectivity index (χ2n) is 12.9. The summed E-state index contributed by atoms with van der Waals surface area (Å²) in [4.78, 5) is 2.38.